The van der Waals surface area contributed by atoms with Crippen molar-refractivity contribution in [1.29, 1.82) is 0 Å². The Labute approximate surface area is 284 Å². The van der Waals surface area contributed by atoms with Crippen LogP contribution < -0.4 is 20.7 Å². The van der Waals surface area contributed by atoms with Crippen molar-refractivity contribution in [1.82, 2.24) is 24.0 Å². The molecule has 9 rings (SSSR count). The number of fused-ring (bicyclic) bond motifs is 7. The van der Waals surface area contributed by atoms with Gasteiger partial charge in [0, 0.05) is 80.9 Å². The first-order chi connectivity index (χ1) is 23.9. The van der Waals surface area contributed by atoms with Crippen LogP contribution in [-0.4, -0.2) is 86.5 Å². The van der Waals surface area contributed by atoms with Gasteiger partial charge in [-0.1, -0.05) is 0 Å². The summed E-state index contributed by atoms with van der Waals surface area (Å²) >= 11 is 0. The van der Waals surface area contributed by atoms with Crippen molar-refractivity contribution in [2.45, 2.75) is 63.3 Å². The highest BCUT2D eigenvalue weighted by Crippen LogP contribution is 2.54. The molecule has 2 aliphatic carbocycles. The summed E-state index contributed by atoms with van der Waals surface area (Å²) in [5.41, 5.74) is 6.64. The third kappa shape index (κ3) is 4.99. The molecule has 3 fully saturated rings. The van der Waals surface area contributed by atoms with E-state index in [1.54, 1.807) is 30.4 Å². The topological polar surface area (TPSA) is 121 Å². The quantitative estimate of drug-likeness (QED) is 0.304. The van der Waals surface area contributed by atoms with Gasteiger partial charge in [-0.3, -0.25) is 19.4 Å². The molecular weight excluding hydrogens is 620 g/mol. The molecule has 1 amide bonds. The Hall–Kier alpha value is -4.52. The lowest BCUT2D eigenvalue weighted by Crippen LogP contribution is -2.59. The number of carbonyl (C=O) groups is 1. The van der Waals surface area contributed by atoms with Crippen LogP contribution in [0.1, 0.15) is 65.3 Å². The zero-order chi connectivity index (χ0) is 33.4. The summed E-state index contributed by atoms with van der Waals surface area (Å²) in [6.07, 6.45) is 8.92. The molecule has 12 nitrogen and oxygen atoms in total. The van der Waals surface area contributed by atoms with Gasteiger partial charge < -0.3 is 29.2 Å². The minimum absolute atomic E-state index is 0.0824. The van der Waals surface area contributed by atoms with Gasteiger partial charge in [0.25, 0.3) is 11.5 Å². The first-order valence-electron chi connectivity index (χ1n) is 17.5. The van der Waals surface area contributed by atoms with Gasteiger partial charge in [-0.05, 0) is 73.6 Å². The molecule has 0 spiro atoms. The van der Waals surface area contributed by atoms with Crippen LogP contribution in [0.25, 0.3) is 11.1 Å². The number of aliphatic hydroxyl groups is 1. The number of aryl methyl sites for hydroxylation is 1. The molecule has 2 N–H and O–H groups in total. The Bertz CT molecular complexity index is 2000. The number of amides is 1. The summed E-state index contributed by atoms with van der Waals surface area (Å²) in [4.78, 5) is 43.1. The minimum atomic E-state index is -0.306. The van der Waals surface area contributed by atoms with Crippen molar-refractivity contribution >= 4 is 28.9 Å². The maximum absolute atomic E-state index is 13.9. The summed E-state index contributed by atoms with van der Waals surface area (Å²) in [5.74, 6) is 2.08. The minimum Gasteiger partial charge on any atom is -0.392 e. The zero-order valence-corrected chi connectivity index (χ0v) is 28.0. The Morgan fingerprint density at radius 1 is 1.02 bits per heavy atom. The third-order valence-corrected chi connectivity index (χ3v) is 11.5. The summed E-state index contributed by atoms with van der Waals surface area (Å²) in [5, 5.41) is 13.9. The molecule has 5 aliphatic rings. The van der Waals surface area contributed by atoms with Gasteiger partial charge >= 0.3 is 0 Å². The third-order valence-electron chi connectivity index (χ3n) is 11.5. The second-order valence-corrected chi connectivity index (χ2v) is 14.3. The van der Waals surface area contributed by atoms with E-state index in [1.807, 2.05) is 24.4 Å². The van der Waals surface area contributed by atoms with Gasteiger partial charge in [0.15, 0.2) is 0 Å². The van der Waals surface area contributed by atoms with Gasteiger partial charge in [-0.2, -0.15) is 0 Å². The van der Waals surface area contributed by atoms with Crippen molar-refractivity contribution < 1.29 is 14.6 Å². The number of aromatic nitrogens is 4. The van der Waals surface area contributed by atoms with Crippen molar-refractivity contribution in [2.24, 2.45) is 7.05 Å². The van der Waals surface area contributed by atoms with E-state index in [0.29, 0.717) is 65.5 Å². The molecule has 4 aromatic heterocycles. The molecule has 7 heterocycles. The Morgan fingerprint density at radius 3 is 2.63 bits per heavy atom. The van der Waals surface area contributed by atoms with Gasteiger partial charge in [-0.25, -0.2) is 9.97 Å². The maximum Gasteiger partial charge on any atom is 0.276 e. The predicted molar refractivity (Wildman–Crippen MR) is 187 cm³/mol. The monoisotopic (exact) mass is 662 g/mol. The van der Waals surface area contributed by atoms with Crippen LogP contribution in [0.3, 0.4) is 0 Å². The highest BCUT2D eigenvalue weighted by molar-refractivity contribution is 6.06. The fourth-order valence-corrected chi connectivity index (χ4v) is 8.93. The van der Waals surface area contributed by atoms with Gasteiger partial charge in [-0.15, -0.1) is 0 Å². The molecule has 254 valence electrons. The molecule has 0 unspecified atom stereocenters. The number of rotatable bonds is 7. The summed E-state index contributed by atoms with van der Waals surface area (Å²) < 4.78 is 9.15. The molecule has 0 radical (unpaired) electrons. The van der Waals surface area contributed by atoms with Gasteiger partial charge in [0.05, 0.1) is 37.7 Å². The molecule has 3 atom stereocenters. The zero-order valence-electron chi connectivity index (χ0n) is 28.0. The number of hydrogen-bond donors (Lipinski definition) is 2. The maximum atomic E-state index is 13.9. The number of anilines is 4. The number of carbonyl (C=O) groups excluding carboxylic acids is 1. The SMILES string of the molecule is C[C@H]1CN(C2COC2)CCN1c1ccc(Nc2cc(-c3ccnc(N4CCn5c(cc6c5[C@@H]5CC[C@H]6C5)C4=O)c3CO)cn(C)c2=O)nc1. The molecule has 0 aromatic carbocycles. The van der Waals surface area contributed by atoms with E-state index >= 15 is 0 Å². The first kappa shape index (κ1) is 30.5. The lowest BCUT2D eigenvalue weighted by Gasteiger charge is -2.46. The van der Waals surface area contributed by atoms with Crippen molar-refractivity contribution in [3.8, 4) is 11.1 Å². The standard InChI is InChI=1S/C37H42N8O4/c1-22-17-42(27-20-49-21-27)9-10-43(22)26-5-6-33(39-16-26)40-31-14-25(18-41(2)36(31)47)28-7-8-38-35(30(28)19-46)45-12-11-44-32(37(45)48)15-29-23-3-4-24(13-23)34(29)44/h5-8,14-16,18,22-24,27,46H,3-4,9-13,17,19-21H2,1-2H3,(H,39,40)/t22-,23-,24+/m0/s1. The number of aliphatic hydroxyl groups excluding tert-OH is 1. The van der Waals surface area contributed by atoms with E-state index in [4.69, 9.17) is 4.74 Å². The number of ether oxygens (including phenoxy) is 1. The molecule has 3 aliphatic heterocycles. The van der Waals surface area contributed by atoms with Crippen molar-refractivity contribution in [3.63, 3.8) is 0 Å². The number of nitrogens with one attached hydrogen (secondary N) is 1. The Kier molecular flexibility index (Phi) is 7.36. The van der Waals surface area contributed by atoms with Crippen LogP contribution in [0, 0.1) is 0 Å². The number of piperazine rings is 1. The lowest BCUT2D eigenvalue weighted by atomic mass is 9.98. The predicted octanol–water partition coefficient (Wildman–Crippen LogP) is 3.81. The van der Waals surface area contributed by atoms with Crippen LogP contribution in [0.15, 0.2) is 53.7 Å². The molecule has 2 bridgehead atoms. The Morgan fingerprint density at radius 2 is 1.88 bits per heavy atom. The van der Waals surface area contributed by atoms with Crippen LogP contribution in [0.2, 0.25) is 0 Å². The number of nitrogens with zero attached hydrogens (tertiary/aromatic N) is 7. The molecule has 1 saturated carbocycles. The average molecular weight is 663 g/mol. The van der Waals surface area contributed by atoms with Crippen molar-refractivity contribution in [3.05, 3.63) is 81.8 Å². The lowest BCUT2D eigenvalue weighted by molar-refractivity contribution is -0.0691. The highest BCUT2D eigenvalue weighted by Gasteiger charge is 2.43. The summed E-state index contributed by atoms with van der Waals surface area (Å²) in [6, 6.07) is 10.6. The fourth-order valence-electron chi connectivity index (χ4n) is 8.93. The summed E-state index contributed by atoms with van der Waals surface area (Å²) in [6.45, 7) is 7.70. The largest absolute Gasteiger partial charge is 0.392 e. The molecule has 4 aromatic rings. The van der Waals surface area contributed by atoms with Gasteiger partial charge in [0.2, 0.25) is 0 Å². The highest BCUT2D eigenvalue weighted by atomic mass is 16.5. The van der Waals surface area contributed by atoms with E-state index in [1.165, 1.54) is 35.1 Å². The smallest absolute Gasteiger partial charge is 0.276 e. The number of hydrogen-bond acceptors (Lipinski definition) is 9. The van der Waals surface area contributed by atoms with Crippen molar-refractivity contribution in [2.75, 3.05) is 54.5 Å². The second-order valence-electron chi connectivity index (χ2n) is 14.3. The normalized spacial score (nSPS) is 23.5. The summed E-state index contributed by atoms with van der Waals surface area (Å²) in [7, 11) is 1.71. The molecular formula is C37H42N8O4. The Balaban J connectivity index is 0.968. The van der Waals surface area contributed by atoms with E-state index in [-0.39, 0.29) is 18.1 Å². The van der Waals surface area contributed by atoms with E-state index in [0.717, 1.165) is 49.8 Å². The molecule has 2 saturated heterocycles. The van der Waals surface area contributed by atoms with E-state index in [9.17, 15) is 14.7 Å². The molecule has 12 heteroatoms. The second kappa shape index (κ2) is 11.8. The molecule has 49 heavy (non-hydrogen) atoms. The van der Waals surface area contributed by atoms with Crippen LogP contribution in [0.4, 0.5) is 23.0 Å². The van der Waals surface area contributed by atoms with E-state index in [2.05, 4.69) is 42.6 Å². The van der Waals surface area contributed by atoms with E-state index < -0.39 is 0 Å². The fraction of sp³-hybridized carbons (Fsp3) is 0.459. The van der Waals surface area contributed by atoms with Gasteiger partial charge in [0.1, 0.15) is 23.0 Å². The van der Waals surface area contributed by atoms with Crippen LogP contribution >= 0.6 is 0 Å². The first-order valence-corrected chi connectivity index (χ1v) is 17.5. The number of pyridine rings is 3. The van der Waals surface area contributed by atoms with Crippen LogP contribution in [0.5, 0.6) is 0 Å². The van der Waals surface area contributed by atoms with Crippen LogP contribution in [-0.2, 0) is 24.9 Å². The average Bonchev–Trinajstić information content (AvgIpc) is 3.81.